The molecule has 0 aliphatic carbocycles. The zero-order valence-electron chi connectivity index (χ0n) is 15.2. The molecule has 1 aromatic carbocycles. The highest BCUT2D eigenvalue weighted by molar-refractivity contribution is 7.92. The number of sulfone groups is 1. The molecule has 0 aliphatic rings. The first-order chi connectivity index (χ1) is 12.5. The Hall–Kier alpha value is -2.52. The van der Waals surface area contributed by atoms with Gasteiger partial charge in [-0.25, -0.2) is 18.3 Å². The number of pyridine rings is 1. The number of hydroxylamine groups is 1. The van der Waals surface area contributed by atoms with Crippen molar-refractivity contribution in [3.05, 3.63) is 58.3 Å². The Kier molecular flexibility index (Phi) is 5.86. The van der Waals surface area contributed by atoms with Crippen molar-refractivity contribution in [2.75, 3.05) is 6.26 Å². The van der Waals surface area contributed by atoms with Crippen LogP contribution in [-0.4, -0.2) is 35.1 Å². The van der Waals surface area contributed by atoms with Gasteiger partial charge in [-0.2, -0.15) is 0 Å². The molecule has 2 rings (SSSR count). The van der Waals surface area contributed by atoms with E-state index < -0.39 is 26.1 Å². The third-order valence-electron chi connectivity index (χ3n) is 4.73. The molecule has 1 unspecified atom stereocenters. The Labute approximate surface area is 156 Å². The molecule has 1 heterocycles. The molecule has 146 valence electrons. The summed E-state index contributed by atoms with van der Waals surface area (Å²) in [5, 5.41) is 8.83. The van der Waals surface area contributed by atoms with Gasteiger partial charge in [-0.3, -0.25) is 14.8 Å². The van der Waals surface area contributed by atoms with Crippen LogP contribution < -0.4 is 11.0 Å². The molecule has 0 aliphatic heterocycles. The summed E-state index contributed by atoms with van der Waals surface area (Å²) in [5.41, 5.74) is 2.97. The Bertz CT molecular complexity index is 1030. The summed E-state index contributed by atoms with van der Waals surface area (Å²) in [6, 6.07) is 7.27. The first-order valence-electron chi connectivity index (χ1n) is 8.11. The van der Waals surface area contributed by atoms with E-state index in [9.17, 15) is 22.4 Å². The maximum atomic E-state index is 13.2. The normalized spacial score (nSPS) is 13.8. The maximum Gasteiger partial charge on any atom is 0.264 e. The van der Waals surface area contributed by atoms with Gasteiger partial charge in [0, 0.05) is 25.1 Å². The van der Waals surface area contributed by atoms with Crippen molar-refractivity contribution in [1.29, 1.82) is 0 Å². The monoisotopic (exact) mass is 396 g/mol. The van der Waals surface area contributed by atoms with Crippen LogP contribution in [0.15, 0.2) is 41.3 Å². The van der Waals surface area contributed by atoms with Crippen molar-refractivity contribution in [1.82, 2.24) is 10.0 Å². The Balaban J connectivity index is 2.31. The lowest BCUT2D eigenvalue weighted by molar-refractivity contribution is -0.131. The largest absolute Gasteiger partial charge is 0.315 e. The lowest BCUT2D eigenvalue weighted by atomic mass is 10.0. The van der Waals surface area contributed by atoms with Gasteiger partial charge in [-0.1, -0.05) is 6.07 Å². The second-order valence-electron chi connectivity index (χ2n) is 6.60. The second-order valence-corrected chi connectivity index (χ2v) is 9.05. The molecule has 27 heavy (non-hydrogen) atoms. The lowest BCUT2D eigenvalue weighted by Gasteiger charge is -2.25. The minimum atomic E-state index is -3.84. The van der Waals surface area contributed by atoms with E-state index >= 15 is 0 Å². The molecular formula is C18H21FN2O5S. The summed E-state index contributed by atoms with van der Waals surface area (Å²) in [6.45, 7) is 2.88. The molecule has 1 atom stereocenters. The zero-order valence-corrected chi connectivity index (χ0v) is 16.0. The molecule has 0 spiro atoms. The Morgan fingerprint density at radius 3 is 2.48 bits per heavy atom. The van der Waals surface area contributed by atoms with Gasteiger partial charge in [0.15, 0.2) is 14.6 Å². The van der Waals surface area contributed by atoms with Crippen LogP contribution in [0.25, 0.3) is 11.1 Å². The van der Waals surface area contributed by atoms with Gasteiger partial charge in [0.25, 0.3) is 11.5 Å². The molecule has 0 fully saturated rings. The maximum absolute atomic E-state index is 13.2. The van der Waals surface area contributed by atoms with Gasteiger partial charge in [0.05, 0.1) is 0 Å². The predicted octanol–water partition coefficient (Wildman–Crippen LogP) is 1.66. The van der Waals surface area contributed by atoms with Gasteiger partial charge in [-0.05, 0) is 55.2 Å². The number of benzene rings is 1. The average Bonchev–Trinajstić information content (AvgIpc) is 2.58. The summed E-state index contributed by atoms with van der Waals surface area (Å²) in [5.74, 6) is -1.43. The zero-order chi connectivity index (χ0) is 20.4. The molecule has 1 amide bonds. The number of hydrogen-bond acceptors (Lipinski definition) is 5. The van der Waals surface area contributed by atoms with E-state index in [4.69, 9.17) is 5.21 Å². The molecular weight excluding hydrogens is 375 g/mol. The first kappa shape index (κ1) is 20.8. The summed E-state index contributed by atoms with van der Waals surface area (Å²) < 4.78 is 36.6. The highest BCUT2D eigenvalue weighted by atomic mass is 32.2. The SMILES string of the molecule is Cc1cc(F)ccc1-c1ccn(CCC(C)(C(=O)NO)S(C)(=O)=O)c(=O)c1. The minimum Gasteiger partial charge on any atom is -0.315 e. The van der Waals surface area contributed by atoms with Crippen molar-refractivity contribution < 1.29 is 22.8 Å². The summed E-state index contributed by atoms with van der Waals surface area (Å²) in [4.78, 5) is 24.2. The smallest absolute Gasteiger partial charge is 0.264 e. The van der Waals surface area contributed by atoms with Crippen LogP contribution in [0.5, 0.6) is 0 Å². The number of rotatable bonds is 6. The number of nitrogens with one attached hydrogen (secondary N) is 1. The number of hydrogen-bond donors (Lipinski definition) is 2. The number of carbonyl (C=O) groups is 1. The van der Waals surface area contributed by atoms with Crippen LogP contribution in [0.1, 0.15) is 18.9 Å². The van der Waals surface area contributed by atoms with Crippen LogP contribution >= 0.6 is 0 Å². The number of carbonyl (C=O) groups excluding carboxylic acids is 1. The van der Waals surface area contributed by atoms with Gasteiger partial charge in [0.2, 0.25) is 0 Å². The van der Waals surface area contributed by atoms with Crippen molar-refractivity contribution in [2.45, 2.75) is 31.6 Å². The van der Waals surface area contributed by atoms with Gasteiger partial charge in [-0.15, -0.1) is 0 Å². The average molecular weight is 396 g/mol. The second kappa shape index (κ2) is 7.61. The number of aryl methyl sites for hydroxylation is 2. The van der Waals surface area contributed by atoms with E-state index in [1.54, 1.807) is 19.1 Å². The molecule has 0 radical (unpaired) electrons. The standard InChI is InChI=1S/C18H21FN2O5S/c1-12-10-14(19)4-5-15(12)13-6-8-21(16(22)11-13)9-7-18(2,17(23)20-24)27(3,25)26/h4-6,8,10-11,24H,7,9H2,1-3H3,(H,20,23). The quantitative estimate of drug-likeness (QED) is 0.571. The third kappa shape index (κ3) is 4.25. The molecule has 0 bridgehead atoms. The fourth-order valence-electron chi connectivity index (χ4n) is 2.73. The van der Waals surface area contributed by atoms with E-state index in [0.29, 0.717) is 16.7 Å². The van der Waals surface area contributed by atoms with Crippen LogP contribution in [0.3, 0.4) is 0 Å². The molecule has 9 heteroatoms. The third-order valence-corrected chi connectivity index (χ3v) is 6.75. The number of amides is 1. The van der Waals surface area contributed by atoms with Gasteiger partial charge < -0.3 is 4.57 Å². The van der Waals surface area contributed by atoms with Gasteiger partial charge in [0.1, 0.15) is 5.82 Å². The molecule has 0 saturated carbocycles. The molecule has 7 nitrogen and oxygen atoms in total. The highest BCUT2D eigenvalue weighted by Gasteiger charge is 2.43. The molecule has 1 aromatic heterocycles. The summed E-state index contributed by atoms with van der Waals surface area (Å²) in [6.07, 6.45) is 2.18. The van der Waals surface area contributed by atoms with E-state index in [0.717, 1.165) is 6.26 Å². The number of halogens is 1. The van der Waals surface area contributed by atoms with Crippen molar-refractivity contribution in [2.24, 2.45) is 0 Å². The van der Waals surface area contributed by atoms with Crippen LogP contribution in [0.2, 0.25) is 0 Å². The van der Waals surface area contributed by atoms with Crippen LogP contribution in [0, 0.1) is 12.7 Å². The number of nitrogens with zero attached hydrogens (tertiary/aromatic N) is 1. The van der Waals surface area contributed by atoms with E-state index in [-0.39, 0.29) is 18.8 Å². The summed E-state index contributed by atoms with van der Waals surface area (Å²) in [7, 11) is -3.84. The van der Waals surface area contributed by atoms with Gasteiger partial charge >= 0.3 is 0 Å². The molecule has 0 saturated heterocycles. The van der Waals surface area contributed by atoms with Crippen LogP contribution in [-0.2, 0) is 21.2 Å². The molecule has 2 aromatic rings. The fourth-order valence-corrected chi connectivity index (χ4v) is 3.57. The fraction of sp³-hybridized carbons (Fsp3) is 0.333. The molecule has 2 N–H and O–H groups in total. The highest BCUT2D eigenvalue weighted by Crippen LogP contribution is 2.24. The lowest BCUT2D eigenvalue weighted by Crippen LogP contribution is -2.49. The minimum absolute atomic E-state index is 0.0432. The van der Waals surface area contributed by atoms with E-state index in [2.05, 4.69) is 0 Å². The predicted molar refractivity (Wildman–Crippen MR) is 98.6 cm³/mol. The Morgan fingerprint density at radius 1 is 1.30 bits per heavy atom. The van der Waals surface area contributed by atoms with E-state index in [1.807, 2.05) is 0 Å². The Morgan fingerprint density at radius 2 is 1.96 bits per heavy atom. The first-order valence-corrected chi connectivity index (χ1v) is 10.00. The number of aromatic nitrogens is 1. The van der Waals surface area contributed by atoms with Crippen molar-refractivity contribution in [3.8, 4) is 11.1 Å². The van der Waals surface area contributed by atoms with Crippen molar-refractivity contribution >= 4 is 15.7 Å². The van der Waals surface area contributed by atoms with E-state index in [1.165, 1.54) is 41.4 Å². The topological polar surface area (TPSA) is 105 Å². The summed E-state index contributed by atoms with van der Waals surface area (Å²) >= 11 is 0. The van der Waals surface area contributed by atoms with Crippen molar-refractivity contribution in [3.63, 3.8) is 0 Å². The van der Waals surface area contributed by atoms with Crippen LogP contribution in [0.4, 0.5) is 4.39 Å².